The Labute approximate surface area is 73.7 Å². The molecule has 1 aliphatic heterocycles. The van der Waals surface area contributed by atoms with Crippen molar-refractivity contribution in [2.75, 3.05) is 0 Å². The van der Waals surface area contributed by atoms with Gasteiger partial charge < -0.3 is 4.42 Å². The second-order valence-corrected chi connectivity index (χ2v) is 2.90. The number of aromatic nitrogens is 1. The summed E-state index contributed by atoms with van der Waals surface area (Å²) in [6.45, 7) is 3.64. The minimum absolute atomic E-state index is 0.436. The third kappa shape index (κ3) is 0.783. The van der Waals surface area contributed by atoms with Gasteiger partial charge in [-0.05, 0) is 18.7 Å². The Hall–Kier alpha value is -1.90. The van der Waals surface area contributed by atoms with Gasteiger partial charge in [0, 0.05) is 11.4 Å². The molecule has 0 saturated carbocycles. The molecule has 0 atom stereocenters. The van der Waals surface area contributed by atoms with Crippen LogP contribution in [0.2, 0.25) is 0 Å². The van der Waals surface area contributed by atoms with E-state index in [0.29, 0.717) is 5.55 Å². The molecule has 3 heteroatoms. The summed E-state index contributed by atoms with van der Waals surface area (Å²) < 4.78 is 5.35. The van der Waals surface area contributed by atoms with Crippen molar-refractivity contribution in [3.8, 4) is 0 Å². The summed E-state index contributed by atoms with van der Waals surface area (Å²) in [4.78, 5) is 8.32. The van der Waals surface area contributed by atoms with Crippen LogP contribution in [0.1, 0.15) is 0 Å². The van der Waals surface area contributed by atoms with Gasteiger partial charge in [-0.25, -0.2) is 4.98 Å². The lowest BCUT2D eigenvalue weighted by Crippen LogP contribution is -1.95. The molecule has 0 saturated heterocycles. The topological polar surface area (TPSA) is 38.4 Å². The Bertz CT molecular complexity index is 622. The van der Waals surface area contributed by atoms with Crippen LogP contribution in [-0.4, -0.2) is 11.2 Å². The Morgan fingerprint density at radius 2 is 2.23 bits per heavy atom. The van der Waals surface area contributed by atoms with Gasteiger partial charge in [-0.2, -0.15) is 0 Å². The van der Waals surface area contributed by atoms with Crippen molar-refractivity contribution < 1.29 is 4.42 Å². The van der Waals surface area contributed by atoms with Crippen LogP contribution in [0.3, 0.4) is 0 Å². The van der Waals surface area contributed by atoms with E-state index in [0.717, 1.165) is 22.0 Å². The van der Waals surface area contributed by atoms with E-state index in [2.05, 4.69) is 16.6 Å². The van der Waals surface area contributed by atoms with Crippen LogP contribution in [0, 0.1) is 0 Å². The molecule has 0 fully saturated rings. The number of hydrogen-bond acceptors (Lipinski definition) is 3. The van der Waals surface area contributed by atoms with Crippen molar-refractivity contribution in [3.63, 3.8) is 0 Å². The molecule has 0 aliphatic carbocycles. The maximum absolute atomic E-state index is 5.35. The van der Waals surface area contributed by atoms with Gasteiger partial charge in [0.2, 0.25) is 5.55 Å². The van der Waals surface area contributed by atoms with Gasteiger partial charge in [0.15, 0.2) is 5.58 Å². The first-order valence-corrected chi connectivity index (χ1v) is 3.97. The molecular weight excluding hydrogens is 164 g/mol. The third-order valence-electron chi connectivity index (χ3n) is 2.06. The number of rotatable bonds is 0. The van der Waals surface area contributed by atoms with Crippen molar-refractivity contribution >= 4 is 35.7 Å². The number of nitrogens with zero attached hydrogens (tertiary/aromatic N) is 2. The smallest absolute Gasteiger partial charge is 0.212 e. The second-order valence-electron chi connectivity index (χ2n) is 2.90. The molecule has 3 rings (SSSR count). The molecule has 2 aromatic rings. The molecule has 0 unspecified atom stereocenters. The highest BCUT2D eigenvalue weighted by molar-refractivity contribution is 6.01. The summed E-state index contributed by atoms with van der Waals surface area (Å²) in [7, 11) is 0. The van der Waals surface area contributed by atoms with Gasteiger partial charge in [-0.15, -0.1) is 0 Å². The van der Waals surface area contributed by atoms with Crippen molar-refractivity contribution in [2.45, 2.75) is 0 Å². The lowest BCUT2D eigenvalue weighted by atomic mass is 10.2. The standard InChI is InChI=1S/C10H6N2O/c1-6-12-8-3-2-7-4-5-11-9(7)10(8)13-6/h2-5H,1H2. The lowest BCUT2D eigenvalue weighted by molar-refractivity contribution is 0.563. The molecule has 13 heavy (non-hydrogen) atoms. The molecule has 1 aromatic heterocycles. The maximum atomic E-state index is 5.35. The maximum Gasteiger partial charge on any atom is 0.212 e. The van der Waals surface area contributed by atoms with Crippen molar-refractivity contribution in [2.24, 2.45) is 4.99 Å². The first-order chi connectivity index (χ1) is 6.34. The highest BCUT2D eigenvalue weighted by Gasteiger charge is 2.08. The first-order valence-electron chi connectivity index (χ1n) is 3.97. The fourth-order valence-electron chi connectivity index (χ4n) is 1.50. The first kappa shape index (κ1) is 6.60. The van der Waals surface area contributed by atoms with Crippen molar-refractivity contribution in [3.05, 3.63) is 22.9 Å². The van der Waals surface area contributed by atoms with Gasteiger partial charge in [0.1, 0.15) is 11.2 Å². The molecule has 0 radical (unpaired) electrons. The average Bonchev–Trinajstić information content (AvgIpc) is 2.65. The summed E-state index contributed by atoms with van der Waals surface area (Å²) in [6, 6.07) is 3.89. The molecule has 1 aliphatic rings. The fourth-order valence-corrected chi connectivity index (χ4v) is 1.50. The van der Waals surface area contributed by atoms with Crippen LogP contribution >= 0.6 is 0 Å². The van der Waals surface area contributed by atoms with Gasteiger partial charge >= 0.3 is 0 Å². The predicted octanol–water partition coefficient (Wildman–Crippen LogP) is 0.735. The van der Waals surface area contributed by atoms with Crippen molar-refractivity contribution in [1.82, 2.24) is 4.98 Å². The zero-order chi connectivity index (χ0) is 8.84. The van der Waals surface area contributed by atoms with Crippen molar-refractivity contribution in [1.29, 1.82) is 0 Å². The van der Waals surface area contributed by atoms with E-state index in [1.165, 1.54) is 0 Å². The van der Waals surface area contributed by atoms with Crippen LogP contribution in [-0.2, 0) is 0 Å². The summed E-state index contributed by atoms with van der Waals surface area (Å²) in [5, 5.41) is 1.07. The normalized spacial score (nSPS) is 13.2. The largest absolute Gasteiger partial charge is 0.435 e. The summed E-state index contributed by atoms with van der Waals surface area (Å²) in [5.41, 5.74) is 2.84. The highest BCUT2D eigenvalue weighted by Crippen LogP contribution is 2.20. The molecule has 0 spiro atoms. The van der Waals surface area contributed by atoms with E-state index in [4.69, 9.17) is 4.42 Å². The SMILES string of the molecule is C=c1nc2ccc3c(c2o1)N=CC=3. The van der Waals surface area contributed by atoms with Crippen LogP contribution < -0.4 is 10.8 Å². The zero-order valence-electron chi connectivity index (χ0n) is 6.82. The molecular formula is C10H6N2O. The summed E-state index contributed by atoms with van der Waals surface area (Å²) in [5.74, 6) is 0. The van der Waals surface area contributed by atoms with E-state index in [1.54, 1.807) is 6.21 Å². The number of oxazole rings is 1. The number of fused-ring (bicyclic) bond motifs is 3. The summed E-state index contributed by atoms with van der Waals surface area (Å²) in [6.07, 6.45) is 3.70. The zero-order valence-corrected chi connectivity index (χ0v) is 6.82. The Kier molecular flexibility index (Phi) is 1.05. The van der Waals surface area contributed by atoms with Crippen LogP contribution in [0.15, 0.2) is 21.5 Å². The van der Waals surface area contributed by atoms with E-state index >= 15 is 0 Å². The van der Waals surface area contributed by atoms with Gasteiger partial charge in [-0.1, -0.05) is 6.07 Å². The molecule has 1 aromatic carbocycles. The number of hydrogen-bond donors (Lipinski definition) is 0. The fraction of sp³-hybridized carbons (Fsp3) is 0. The second kappa shape index (κ2) is 2.07. The molecule has 0 bridgehead atoms. The molecule has 0 N–H and O–H groups in total. The third-order valence-corrected chi connectivity index (χ3v) is 2.06. The highest BCUT2D eigenvalue weighted by atomic mass is 16.3. The Balaban J connectivity index is 2.65. The minimum Gasteiger partial charge on any atom is -0.435 e. The van der Waals surface area contributed by atoms with Gasteiger partial charge in [0.25, 0.3) is 0 Å². The predicted molar refractivity (Wildman–Crippen MR) is 51.4 cm³/mol. The lowest BCUT2D eigenvalue weighted by Gasteiger charge is -1.90. The van der Waals surface area contributed by atoms with E-state index in [-0.39, 0.29) is 0 Å². The quantitative estimate of drug-likeness (QED) is 0.584. The Morgan fingerprint density at radius 3 is 3.15 bits per heavy atom. The van der Waals surface area contributed by atoms with E-state index < -0.39 is 0 Å². The van der Waals surface area contributed by atoms with Crippen LogP contribution in [0.5, 0.6) is 0 Å². The molecule has 2 heterocycles. The minimum atomic E-state index is 0.436. The molecule has 3 nitrogen and oxygen atoms in total. The van der Waals surface area contributed by atoms with E-state index in [9.17, 15) is 0 Å². The average molecular weight is 170 g/mol. The van der Waals surface area contributed by atoms with Gasteiger partial charge in [-0.3, -0.25) is 4.99 Å². The van der Waals surface area contributed by atoms with Crippen LogP contribution in [0.25, 0.3) is 23.8 Å². The molecule has 62 valence electrons. The van der Waals surface area contributed by atoms with Crippen LogP contribution in [0.4, 0.5) is 5.69 Å². The summed E-state index contributed by atoms with van der Waals surface area (Å²) >= 11 is 0. The molecule has 0 amide bonds. The van der Waals surface area contributed by atoms with Gasteiger partial charge in [0.05, 0.1) is 0 Å². The monoisotopic (exact) mass is 170 g/mol. The van der Waals surface area contributed by atoms with E-state index in [1.807, 2.05) is 18.2 Å². The Morgan fingerprint density at radius 1 is 1.31 bits per heavy atom. The number of benzene rings is 1. The number of aliphatic imine (C=N–C) groups is 1.